The second-order valence-electron chi connectivity index (χ2n) is 7.11. The van der Waals surface area contributed by atoms with Gasteiger partial charge in [-0.3, -0.25) is 0 Å². The number of rotatable bonds is 5. The summed E-state index contributed by atoms with van der Waals surface area (Å²) in [5, 5.41) is 7.54. The summed E-state index contributed by atoms with van der Waals surface area (Å²) in [4.78, 5) is 4.62. The molecule has 2 aromatic heterocycles. The Hall–Kier alpha value is -3.55. The average molecular weight is 412 g/mol. The molecule has 0 saturated carbocycles. The summed E-state index contributed by atoms with van der Waals surface area (Å²) < 4.78 is 42.6. The lowest BCUT2D eigenvalue weighted by Gasteiger charge is -2.10. The molecule has 4 rings (SSSR count). The van der Waals surface area contributed by atoms with E-state index in [4.69, 9.17) is 0 Å². The Morgan fingerprint density at radius 2 is 1.67 bits per heavy atom. The number of halogens is 3. The fourth-order valence-corrected chi connectivity index (χ4v) is 3.08. The highest BCUT2D eigenvalue weighted by atomic mass is 19.4. The maximum atomic E-state index is 12.4. The molecule has 0 atom stereocenters. The van der Waals surface area contributed by atoms with Crippen molar-refractivity contribution in [2.45, 2.75) is 26.1 Å². The number of alkyl halides is 3. The van der Waals surface area contributed by atoms with Crippen molar-refractivity contribution in [2.75, 3.05) is 5.32 Å². The molecule has 0 spiro atoms. The van der Waals surface area contributed by atoms with Gasteiger partial charge in [-0.1, -0.05) is 38.1 Å². The zero-order chi connectivity index (χ0) is 21.3. The lowest BCUT2D eigenvalue weighted by molar-refractivity contribution is -0.274. The van der Waals surface area contributed by atoms with Gasteiger partial charge in [-0.2, -0.15) is 5.10 Å². The Morgan fingerprint density at radius 3 is 2.30 bits per heavy atom. The van der Waals surface area contributed by atoms with E-state index in [0.717, 1.165) is 5.69 Å². The molecule has 0 bridgehead atoms. The first-order valence-electron chi connectivity index (χ1n) is 9.36. The van der Waals surface area contributed by atoms with E-state index in [9.17, 15) is 13.2 Å². The third-order valence-corrected chi connectivity index (χ3v) is 4.62. The van der Waals surface area contributed by atoms with Gasteiger partial charge < -0.3 is 10.1 Å². The molecule has 1 N–H and O–H groups in total. The number of hydrogen-bond donors (Lipinski definition) is 1. The smallest absolute Gasteiger partial charge is 0.406 e. The summed E-state index contributed by atoms with van der Waals surface area (Å²) in [6, 6.07) is 15.6. The fourth-order valence-electron chi connectivity index (χ4n) is 3.08. The van der Waals surface area contributed by atoms with Gasteiger partial charge in [0.25, 0.3) is 0 Å². The van der Waals surface area contributed by atoms with Crippen LogP contribution >= 0.6 is 0 Å². The quantitative estimate of drug-likeness (QED) is 0.426. The minimum Gasteiger partial charge on any atom is -0.406 e. The fraction of sp³-hybridized carbons (Fsp3) is 0.182. The molecule has 5 nitrogen and oxygen atoms in total. The molecule has 2 aromatic carbocycles. The normalized spacial score (nSPS) is 11.8. The van der Waals surface area contributed by atoms with Gasteiger partial charge in [0.1, 0.15) is 11.6 Å². The molecule has 30 heavy (non-hydrogen) atoms. The number of nitrogens with one attached hydrogen (secondary N) is 1. The zero-order valence-electron chi connectivity index (χ0n) is 16.3. The van der Waals surface area contributed by atoms with Gasteiger partial charge in [-0.25, -0.2) is 9.50 Å². The average Bonchev–Trinajstić information content (AvgIpc) is 3.11. The first kappa shape index (κ1) is 19.8. The summed E-state index contributed by atoms with van der Waals surface area (Å²) in [5.41, 5.74) is 4.13. The van der Waals surface area contributed by atoms with Crippen molar-refractivity contribution in [1.82, 2.24) is 14.6 Å². The van der Waals surface area contributed by atoms with Gasteiger partial charge in [-0.15, -0.1) is 13.2 Å². The van der Waals surface area contributed by atoms with Crippen molar-refractivity contribution in [3.8, 4) is 16.9 Å². The van der Waals surface area contributed by atoms with Crippen LogP contribution in [0.5, 0.6) is 5.75 Å². The van der Waals surface area contributed by atoms with Gasteiger partial charge in [-0.05, 0) is 47.4 Å². The number of nitrogens with zero attached hydrogens (tertiary/aromatic N) is 3. The SMILES string of the molecule is CC(C)c1ccc(Nc2ccn3ncc(-c4ccc(OC(F)(F)F)cc4)c3n2)cc1. The van der Waals surface area contributed by atoms with Gasteiger partial charge in [0.05, 0.1) is 6.20 Å². The highest BCUT2D eigenvalue weighted by Crippen LogP contribution is 2.29. The van der Waals surface area contributed by atoms with E-state index in [-0.39, 0.29) is 5.75 Å². The summed E-state index contributed by atoms with van der Waals surface area (Å²) in [7, 11) is 0. The summed E-state index contributed by atoms with van der Waals surface area (Å²) in [6.45, 7) is 4.28. The van der Waals surface area contributed by atoms with Gasteiger partial charge in [0, 0.05) is 17.4 Å². The molecular formula is C22H19F3N4O. The topological polar surface area (TPSA) is 51.5 Å². The van der Waals surface area contributed by atoms with E-state index in [1.165, 1.54) is 17.7 Å². The minimum absolute atomic E-state index is 0.275. The molecule has 0 amide bonds. The van der Waals surface area contributed by atoms with Crippen LogP contribution in [0.25, 0.3) is 16.8 Å². The maximum Gasteiger partial charge on any atom is 0.573 e. The Kier molecular flexibility index (Phi) is 5.07. The molecule has 0 aliphatic heterocycles. The van der Waals surface area contributed by atoms with Gasteiger partial charge in [0.2, 0.25) is 0 Å². The summed E-state index contributed by atoms with van der Waals surface area (Å²) in [5.74, 6) is 0.817. The predicted molar refractivity (Wildman–Crippen MR) is 109 cm³/mol. The van der Waals surface area contributed by atoms with E-state index in [1.807, 2.05) is 12.1 Å². The number of aromatic nitrogens is 3. The Morgan fingerprint density at radius 1 is 0.967 bits per heavy atom. The largest absolute Gasteiger partial charge is 0.573 e. The number of ether oxygens (including phenoxy) is 1. The van der Waals surface area contributed by atoms with Crippen LogP contribution in [0.3, 0.4) is 0 Å². The highest BCUT2D eigenvalue weighted by Gasteiger charge is 2.31. The third kappa shape index (κ3) is 4.37. The second-order valence-corrected chi connectivity index (χ2v) is 7.11. The van der Waals surface area contributed by atoms with Crippen molar-refractivity contribution in [2.24, 2.45) is 0 Å². The predicted octanol–water partition coefficient (Wildman–Crippen LogP) is 6.16. The molecule has 154 valence electrons. The molecule has 8 heteroatoms. The van der Waals surface area contributed by atoms with Crippen LogP contribution < -0.4 is 10.1 Å². The van der Waals surface area contributed by atoms with Gasteiger partial charge >= 0.3 is 6.36 Å². The van der Waals surface area contributed by atoms with Crippen LogP contribution in [-0.4, -0.2) is 21.0 Å². The Bertz CT molecular complexity index is 1150. The van der Waals surface area contributed by atoms with Crippen LogP contribution in [0.1, 0.15) is 25.3 Å². The number of anilines is 2. The van der Waals surface area contributed by atoms with Crippen molar-refractivity contribution < 1.29 is 17.9 Å². The third-order valence-electron chi connectivity index (χ3n) is 4.62. The molecular weight excluding hydrogens is 393 g/mol. The van der Waals surface area contributed by atoms with Crippen molar-refractivity contribution in [1.29, 1.82) is 0 Å². The van der Waals surface area contributed by atoms with Crippen molar-refractivity contribution in [3.63, 3.8) is 0 Å². The molecule has 0 aliphatic rings. The maximum absolute atomic E-state index is 12.4. The zero-order valence-corrected chi connectivity index (χ0v) is 16.3. The van der Waals surface area contributed by atoms with Crippen molar-refractivity contribution >= 4 is 17.2 Å². The molecule has 0 unspecified atom stereocenters. The number of benzene rings is 2. The van der Waals surface area contributed by atoms with E-state index < -0.39 is 6.36 Å². The summed E-state index contributed by atoms with van der Waals surface area (Å²) in [6.07, 6.45) is -1.32. The van der Waals surface area contributed by atoms with Crippen LogP contribution in [0, 0.1) is 0 Å². The van der Waals surface area contributed by atoms with E-state index in [0.29, 0.717) is 28.5 Å². The van der Waals surface area contributed by atoms with E-state index in [1.54, 1.807) is 35.1 Å². The monoisotopic (exact) mass is 412 g/mol. The van der Waals surface area contributed by atoms with Crippen LogP contribution in [0.15, 0.2) is 67.0 Å². The number of fused-ring (bicyclic) bond motifs is 1. The molecule has 0 aliphatic carbocycles. The lowest BCUT2D eigenvalue weighted by Crippen LogP contribution is -2.16. The van der Waals surface area contributed by atoms with Gasteiger partial charge in [0.15, 0.2) is 5.65 Å². The highest BCUT2D eigenvalue weighted by molar-refractivity contribution is 5.78. The van der Waals surface area contributed by atoms with Crippen LogP contribution in [0.4, 0.5) is 24.7 Å². The Balaban J connectivity index is 1.60. The molecule has 2 heterocycles. The van der Waals surface area contributed by atoms with E-state index in [2.05, 4.69) is 46.1 Å². The second kappa shape index (κ2) is 7.70. The van der Waals surface area contributed by atoms with Crippen LogP contribution in [0.2, 0.25) is 0 Å². The first-order valence-corrected chi connectivity index (χ1v) is 9.36. The lowest BCUT2D eigenvalue weighted by atomic mass is 10.0. The Labute approximate surface area is 171 Å². The van der Waals surface area contributed by atoms with E-state index >= 15 is 0 Å². The standard InChI is InChI=1S/C22H19F3N4O/c1-14(2)15-3-7-17(8-4-15)27-20-11-12-29-21(28-20)19(13-26-29)16-5-9-18(10-6-16)30-22(23,24)25/h3-14H,1-2H3,(H,27,28). The molecule has 0 saturated heterocycles. The summed E-state index contributed by atoms with van der Waals surface area (Å²) >= 11 is 0. The van der Waals surface area contributed by atoms with Crippen LogP contribution in [-0.2, 0) is 0 Å². The molecule has 0 fully saturated rings. The number of hydrogen-bond acceptors (Lipinski definition) is 4. The van der Waals surface area contributed by atoms with Crippen molar-refractivity contribution in [3.05, 3.63) is 72.6 Å². The first-order chi connectivity index (χ1) is 14.3. The molecule has 4 aromatic rings. The molecule has 0 radical (unpaired) electrons. The minimum atomic E-state index is -4.72.